The van der Waals surface area contributed by atoms with Crippen LogP contribution in [0.25, 0.3) is 0 Å². The van der Waals surface area contributed by atoms with Crippen LogP contribution < -0.4 is 10.1 Å². The van der Waals surface area contributed by atoms with Crippen molar-refractivity contribution >= 4 is 23.3 Å². The van der Waals surface area contributed by atoms with E-state index in [1.165, 1.54) is 0 Å². The van der Waals surface area contributed by atoms with Gasteiger partial charge in [0.2, 0.25) is 5.78 Å². The SMILES string of the molecule is Cc1cc(C(=O)COC(=O)CC2Oc3ccccc3NC2=O)c(C)n1C1CC1. The van der Waals surface area contributed by atoms with Gasteiger partial charge in [-0.25, -0.2) is 0 Å². The first-order chi connectivity index (χ1) is 13.4. The molecule has 2 aromatic rings. The predicted molar refractivity (Wildman–Crippen MR) is 102 cm³/mol. The quantitative estimate of drug-likeness (QED) is 0.613. The van der Waals surface area contributed by atoms with Gasteiger partial charge in [0.1, 0.15) is 5.75 Å². The monoisotopic (exact) mass is 382 g/mol. The maximum absolute atomic E-state index is 12.5. The van der Waals surface area contributed by atoms with E-state index in [1.807, 2.05) is 19.9 Å². The van der Waals surface area contributed by atoms with Gasteiger partial charge in [-0.1, -0.05) is 12.1 Å². The Kier molecular flexibility index (Phi) is 4.66. The van der Waals surface area contributed by atoms with Gasteiger partial charge in [-0.15, -0.1) is 0 Å². The minimum absolute atomic E-state index is 0.243. The summed E-state index contributed by atoms with van der Waals surface area (Å²) < 4.78 is 12.9. The number of benzene rings is 1. The highest BCUT2D eigenvalue weighted by Crippen LogP contribution is 2.38. The molecule has 2 heterocycles. The molecule has 1 aliphatic carbocycles. The molecule has 146 valence electrons. The average Bonchev–Trinajstić information content (AvgIpc) is 3.45. The van der Waals surface area contributed by atoms with Gasteiger partial charge in [-0.05, 0) is 44.9 Å². The van der Waals surface area contributed by atoms with Crippen LogP contribution >= 0.6 is 0 Å². The third-order valence-electron chi connectivity index (χ3n) is 5.12. The molecule has 0 spiro atoms. The van der Waals surface area contributed by atoms with E-state index in [9.17, 15) is 14.4 Å². The lowest BCUT2D eigenvalue weighted by atomic mass is 10.1. The predicted octanol–water partition coefficient (Wildman–Crippen LogP) is 2.96. The van der Waals surface area contributed by atoms with Crippen LogP contribution in [0.2, 0.25) is 0 Å². The summed E-state index contributed by atoms with van der Waals surface area (Å²) >= 11 is 0. The lowest BCUT2D eigenvalue weighted by molar-refractivity contribution is -0.146. The summed E-state index contributed by atoms with van der Waals surface area (Å²) in [5.74, 6) is -0.796. The summed E-state index contributed by atoms with van der Waals surface area (Å²) in [5.41, 5.74) is 3.10. The molecule has 0 saturated heterocycles. The number of Topliss-reactive ketones (excluding diaryl/α,β-unsaturated/α-hetero) is 1. The van der Waals surface area contributed by atoms with Crippen molar-refractivity contribution < 1.29 is 23.9 Å². The Labute approximate surface area is 162 Å². The maximum atomic E-state index is 12.5. The number of aromatic nitrogens is 1. The van der Waals surface area contributed by atoms with Crippen molar-refractivity contribution in [1.29, 1.82) is 0 Å². The molecule has 1 atom stereocenters. The summed E-state index contributed by atoms with van der Waals surface area (Å²) in [6, 6.07) is 9.32. The van der Waals surface area contributed by atoms with Crippen LogP contribution in [0.4, 0.5) is 5.69 Å². The van der Waals surface area contributed by atoms with Gasteiger partial charge in [-0.2, -0.15) is 0 Å². The van der Waals surface area contributed by atoms with Gasteiger partial charge in [0, 0.05) is 23.0 Å². The molecule has 2 aliphatic rings. The van der Waals surface area contributed by atoms with E-state index in [4.69, 9.17) is 9.47 Å². The Balaban J connectivity index is 1.34. The fourth-order valence-corrected chi connectivity index (χ4v) is 3.62. The molecule has 1 aliphatic heterocycles. The topological polar surface area (TPSA) is 86.6 Å². The van der Waals surface area contributed by atoms with Crippen molar-refractivity contribution in [1.82, 2.24) is 4.57 Å². The van der Waals surface area contributed by atoms with E-state index in [0.29, 0.717) is 23.0 Å². The van der Waals surface area contributed by atoms with Gasteiger partial charge >= 0.3 is 5.97 Å². The fourth-order valence-electron chi connectivity index (χ4n) is 3.62. The van der Waals surface area contributed by atoms with Crippen molar-refractivity contribution in [2.24, 2.45) is 0 Å². The maximum Gasteiger partial charge on any atom is 0.310 e. The number of hydrogen-bond acceptors (Lipinski definition) is 5. The van der Waals surface area contributed by atoms with Crippen LogP contribution in [0.1, 0.15) is 47.1 Å². The van der Waals surface area contributed by atoms with E-state index in [2.05, 4.69) is 9.88 Å². The zero-order valence-electron chi connectivity index (χ0n) is 15.9. The first-order valence-corrected chi connectivity index (χ1v) is 9.38. The Bertz CT molecular complexity index is 958. The second-order valence-electron chi connectivity index (χ2n) is 7.27. The number of rotatable bonds is 6. The van der Waals surface area contributed by atoms with Crippen molar-refractivity contribution in [3.05, 3.63) is 47.3 Å². The van der Waals surface area contributed by atoms with Crippen molar-refractivity contribution in [3.8, 4) is 5.75 Å². The van der Waals surface area contributed by atoms with E-state index < -0.39 is 18.0 Å². The summed E-state index contributed by atoms with van der Waals surface area (Å²) in [6.07, 6.45) is 1.03. The lowest BCUT2D eigenvalue weighted by Crippen LogP contribution is -2.39. The molecule has 28 heavy (non-hydrogen) atoms. The largest absolute Gasteiger partial charge is 0.478 e. The molecule has 1 aromatic carbocycles. The first kappa shape index (κ1) is 18.3. The number of ether oxygens (including phenoxy) is 2. The molecular formula is C21H22N2O5. The number of carbonyl (C=O) groups is 3. The second-order valence-corrected chi connectivity index (χ2v) is 7.27. The van der Waals surface area contributed by atoms with Crippen LogP contribution in [0.15, 0.2) is 30.3 Å². The molecule has 1 amide bonds. The molecule has 1 aromatic heterocycles. The van der Waals surface area contributed by atoms with E-state index >= 15 is 0 Å². The zero-order valence-corrected chi connectivity index (χ0v) is 15.9. The Hall–Kier alpha value is -3.09. The average molecular weight is 382 g/mol. The summed E-state index contributed by atoms with van der Waals surface area (Å²) in [5, 5.41) is 2.70. The second kappa shape index (κ2) is 7.14. The fraction of sp³-hybridized carbons (Fsp3) is 0.381. The Morgan fingerprint density at radius 3 is 2.75 bits per heavy atom. The highest BCUT2D eigenvalue weighted by Gasteiger charge is 2.31. The first-order valence-electron chi connectivity index (χ1n) is 9.38. The molecule has 4 rings (SSSR count). The third kappa shape index (κ3) is 3.52. The highest BCUT2D eigenvalue weighted by atomic mass is 16.5. The summed E-state index contributed by atoms with van der Waals surface area (Å²) in [7, 11) is 0. The van der Waals surface area contributed by atoms with Gasteiger partial charge in [0.05, 0.1) is 12.1 Å². The van der Waals surface area contributed by atoms with Gasteiger partial charge in [0.15, 0.2) is 12.7 Å². The van der Waals surface area contributed by atoms with Crippen LogP contribution in [-0.4, -0.2) is 34.9 Å². The minimum Gasteiger partial charge on any atom is -0.478 e. The molecule has 1 unspecified atom stereocenters. The van der Waals surface area contributed by atoms with E-state index in [1.54, 1.807) is 24.3 Å². The minimum atomic E-state index is -0.975. The number of nitrogens with one attached hydrogen (secondary N) is 1. The highest BCUT2D eigenvalue weighted by molar-refractivity contribution is 6.01. The molecule has 0 radical (unpaired) electrons. The van der Waals surface area contributed by atoms with E-state index in [0.717, 1.165) is 24.2 Å². The summed E-state index contributed by atoms with van der Waals surface area (Å²) in [6.45, 7) is 3.54. The smallest absolute Gasteiger partial charge is 0.310 e. The number of aryl methyl sites for hydroxylation is 1. The van der Waals surface area contributed by atoms with Gasteiger partial charge in [0.25, 0.3) is 5.91 Å². The number of hydrogen-bond donors (Lipinski definition) is 1. The van der Waals surface area contributed by atoms with Crippen molar-refractivity contribution in [2.45, 2.75) is 45.3 Å². The number of nitrogens with zero attached hydrogens (tertiary/aromatic N) is 1. The Morgan fingerprint density at radius 2 is 2.00 bits per heavy atom. The number of ketones is 1. The van der Waals surface area contributed by atoms with Gasteiger partial charge in [-0.3, -0.25) is 14.4 Å². The zero-order chi connectivity index (χ0) is 19.8. The number of fused-ring (bicyclic) bond motifs is 1. The number of esters is 1. The van der Waals surface area contributed by atoms with Crippen LogP contribution in [0, 0.1) is 13.8 Å². The number of carbonyl (C=O) groups excluding carboxylic acids is 3. The molecule has 7 heteroatoms. The van der Waals surface area contributed by atoms with Crippen molar-refractivity contribution in [3.63, 3.8) is 0 Å². The molecule has 1 N–H and O–H groups in total. The summed E-state index contributed by atoms with van der Waals surface area (Å²) in [4.78, 5) is 36.7. The number of para-hydroxylation sites is 2. The molecule has 1 saturated carbocycles. The van der Waals surface area contributed by atoms with Crippen LogP contribution in [0.3, 0.4) is 0 Å². The molecule has 7 nitrogen and oxygen atoms in total. The lowest BCUT2D eigenvalue weighted by Gasteiger charge is -2.25. The molecule has 1 fully saturated rings. The number of anilines is 1. The molecule has 0 bridgehead atoms. The number of amides is 1. The van der Waals surface area contributed by atoms with Crippen LogP contribution in [0.5, 0.6) is 5.75 Å². The Morgan fingerprint density at radius 1 is 1.25 bits per heavy atom. The molecular weight excluding hydrogens is 360 g/mol. The van der Waals surface area contributed by atoms with E-state index in [-0.39, 0.29) is 18.8 Å². The van der Waals surface area contributed by atoms with Crippen molar-refractivity contribution in [2.75, 3.05) is 11.9 Å². The normalized spacial score (nSPS) is 18.1. The standard InChI is InChI=1S/C21H22N2O5/c1-12-9-15(13(2)23(12)14-7-8-14)17(24)11-27-20(25)10-19-21(26)22-16-5-3-4-6-18(16)28-19/h3-6,9,14,19H,7-8,10-11H2,1-2H3,(H,22,26). The van der Waals surface area contributed by atoms with Crippen LogP contribution in [-0.2, 0) is 14.3 Å². The van der Waals surface area contributed by atoms with Gasteiger partial charge < -0.3 is 19.4 Å². The third-order valence-corrected chi connectivity index (χ3v) is 5.12.